The molecule has 2 rings (SSSR count). The molecule has 0 fully saturated rings. The molecule has 0 amide bonds. The number of hydrogen-bond donors (Lipinski definition) is 0. The molecule has 2 heteroatoms. The first-order valence-electron chi connectivity index (χ1n) is 7.93. The molecule has 0 atom stereocenters. The van der Waals surface area contributed by atoms with Gasteiger partial charge in [-0.3, -0.25) is 9.59 Å². The Hall–Kier alpha value is -2.74. The van der Waals surface area contributed by atoms with E-state index in [1.54, 1.807) is 13.8 Å². The van der Waals surface area contributed by atoms with Gasteiger partial charge in [0.1, 0.15) is 0 Å². The summed E-state index contributed by atoms with van der Waals surface area (Å²) in [5.74, 6) is 0.0233. The molecule has 0 saturated carbocycles. The number of Topliss-reactive ketones (excluding diaryl/α,β-unsaturated/α-hetero) is 2. The molecule has 0 unspecified atom stereocenters. The van der Waals surface area contributed by atoms with E-state index < -0.39 is 0 Å². The van der Waals surface area contributed by atoms with Crippen LogP contribution in [-0.4, -0.2) is 11.6 Å². The van der Waals surface area contributed by atoms with Crippen LogP contribution in [0, 0.1) is 0 Å². The van der Waals surface area contributed by atoms with E-state index in [-0.39, 0.29) is 18.0 Å². The second-order valence-electron chi connectivity index (χ2n) is 6.12. The van der Waals surface area contributed by atoms with Crippen LogP contribution in [-0.2, 0) is 22.4 Å². The van der Waals surface area contributed by atoms with Crippen molar-refractivity contribution in [2.45, 2.75) is 26.7 Å². The van der Waals surface area contributed by atoms with Crippen LogP contribution in [0.2, 0.25) is 0 Å². The normalized spacial score (nSPS) is 10.2. The van der Waals surface area contributed by atoms with Crippen molar-refractivity contribution in [3.05, 3.63) is 84.0 Å². The Labute approximate surface area is 143 Å². The number of carbonyl (C=O) groups is 2. The van der Waals surface area contributed by atoms with Crippen molar-refractivity contribution >= 4 is 11.6 Å². The van der Waals surface area contributed by atoms with Crippen LogP contribution in [0.4, 0.5) is 0 Å². The highest BCUT2D eigenvalue weighted by Gasteiger charge is 2.13. The van der Waals surface area contributed by atoms with Crippen LogP contribution in [0.1, 0.15) is 25.0 Å². The van der Waals surface area contributed by atoms with Gasteiger partial charge in [-0.2, -0.15) is 0 Å². The number of rotatable bonds is 7. The van der Waals surface area contributed by atoms with Crippen LogP contribution in [0.5, 0.6) is 0 Å². The molecule has 0 aliphatic carbocycles. The highest BCUT2D eigenvalue weighted by Crippen LogP contribution is 2.26. The molecule has 0 radical (unpaired) electrons. The summed E-state index contributed by atoms with van der Waals surface area (Å²) in [7, 11) is 0. The van der Waals surface area contributed by atoms with E-state index in [0.717, 1.165) is 22.3 Å². The molecule has 122 valence electrons. The predicted octanol–water partition coefficient (Wildman–Crippen LogP) is 4.73. The fourth-order valence-electron chi connectivity index (χ4n) is 2.46. The molecule has 24 heavy (non-hydrogen) atoms. The molecular formula is C22H22O2. The Morgan fingerprint density at radius 2 is 1.42 bits per heavy atom. The molecule has 0 N–H and O–H groups in total. The lowest BCUT2D eigenvalue weighted by molar-refractivity contribution is -0.115. The zero-order chi connectivity index (χ0) is 17.7. The lowest BCUT2D eigenvalue weighted by Gasteiger charge is -2.12. The van der Waals surface area contributed by atoms with E-state index in [2.05, 4.69) is 13.2 Å². The molecule has 0 spiro atoms. The largest absolute Gasteiger partial charge is 0.294 e. The first kappa shape index (κ1) is 17.6. The average Bonchev–Trinajstić information content (AvgIpc) is 2.55. The van der Waals surface area contributed by atoms with Gasteiger partial charge in [0.2, 0.25) is 0 Å². The molecule has 0 heterocycles. The van der Waals surface area contributed by atoms with Crippen molar-refractivity contribution < 1.29 is 9.59 Å². The number of ketones is 2. The van der Waals surface area contributed by atoms with Crippen molar-refractivity contribution in [3.63, 3.8) is 0 Å². The van der Waals surface area contributed by atoms with Gasteiger partial charge in [-0.15, -0.1) is 0 Å². The number of allylic oxidation sites excluding steroid dienone is 2. The van der Waals surface area contributed by atoms with Gasteiger partial charge in [0, 0.05) is 12.8 Å². The minimum absolute atomic E-state index is 0.00978. The van der Waals surface area contributed by atoms with Gasteiger partial charge in [0.25, 0.3) is 0 Å². The van der Waals surface area contributed by atoms with Crippen molar-refractivity contribution in [1.29, 1.82) is 0 Å². The zero-order valence-corrected chi connectivity index (χ0v) is 14.3. The van der Waals surface area contributed by atoms with Crippen LogP contribution in [0.3, 0.4) is 0 Å². The smallest absolute Gasteiger partial charge is 0.162 e. The highest BCUT2D eigenvalue weighted by molar-refractivity contribution is 5.97. The monoisotopic (exact) mass is 318 g/mol. The molecule has 0 saturated heterocycles. The fraction of sp³-hybridized carbons (Fsp3) is 0.182. The van der Waals surface area contributed by atoms with Crippen LogP contribution in [0.15, 0.2) is 72.8 Å². The Balaban J connectivity index is 2.43. The number of benzene rings is 2. The SMILES string of the molecule is C=C(C)C(=O)Cc1ccc(-c2ccccc2)c(CC(=O)C(=C)C)c1. The Morgan fingerprint density at radius 3 is 2.00 bits per heavy atom. The van der Waals surface area contributed by atoms with Gasteiger partial charge in [-0.05, 0) is 47.2 Å². The summed E-state index contributed by atoms with van der Waals surface area (Å²) >= 11 is 0. The maximum atomic E-state index is 12.2. The van der Waals surface area contributed by atoms with Crippen LogP contribution < -0.4 is 0 Å². The second-order valence-corrected chi connectivity index (χ2v) is 6.12. The van der Waals surface area contributed by atoms with E-state index in [1.165, 1.54) is 0 Å². The van der Waals surface area contributed by atoms with Gasteiger partial charge in [-0.25, -0.2) is 0 Å². The summed E-state index contributed by atoms with van der Waals surface area (Å²) in [4.78, 5) is 24.1. The minimum Gasteiger partial charge on any atom is -0.294 e. The van der Waals surface area contributed by atoms with E-state index in [0.29, 0.717) is 17.6 Å². The van der Waals surface area contributed by atoms with Crippen LogP contribution in [0.25, 0.3) is 11.1 Å². The van der Waals surface area contributed by atoms with Gasteiger partial charge >= 0.3 is 0 Å². The molecule has 0 aliphatic rings. The zero-order valence-electron chi connectivity index (χ0n) is 14.3. The van der Waals surface area contributed by atoms with Gasteiger partial charge in [-0.1, -0.05) is 61.7 Å². The summed E-state index contributed by atoms with van der Waals surface area (Å²) in [5, 5.41) is 0. The van der Waals surface area contributed by atoms with E-state index in [4.69, 9.17) is 0 Å². The molecule has 0 aliphatic heterocycles. The quantitative estimate of drug-likeness (QED) is 0.692. The summed E-state index contributed by atoms with van der Waals surface area (Å²) in [6.45, 7) is 10.9. The molecule has 2 nitrogen and oxygen atoms in total. The van der Waals surface area contributed by atoms with Crippen LogP contribution >= 0.6 is 0 Å². The average molecular weight is 318 g/mol. The van der Waals surface area contributed by atoms with Gasteiger partial charge < -0.3 is 0 Å². The Bertz CT molecular complexity index is 798. The Kier molecular flexibility index (Phi) is 5.64. The summed E-state index contributed by atoms with van der Waals surface area (Å²) in [6.07, 6.45) is 0.591. The number of hydrogen-bond acceptors (Lipinski definition) is 2. The first-order chi connectivity index (χ1) is 11.4. The fourth-order valence-corrected chi connectivity index (χ4v) is 2.46. The maximum Gasteiger partial charge on any atom is 0.162 e. The number of carbonyl (C=O) groups excluding carboxylic acids is 2. The molecule has 2 aromatic carbocycles. The van der Waals surface area contributed by atoms with E-state index in [1.807, 2.05) is 48.5 Å². The van der Waals surface area contributed by atoms with Crippen molar-refractivity contribution in [1.82, 2.24) is 0 Å². The third-order valence-corrected chi connectivity index (χ3v) is 3.92. The van der Waals surface area contributed by atoms with E-state index in [9.17, 15) is 9.59 Å². The second kappa shape index (κ2) is 7.69. The highest BCUT2D eigenvalue weighted by atomic mass is 16.1. The molecular weight excluding hydrogens is 296 g/mol. The molecule has 0 aromatic heterocycles. The lowest BCUT2D eigenvalue weighted by Crippen LogP contribution is -2.07. The van der Waals surface area contributed by atoms with E-state index >= 15 is 0 Å². The maximum absolute atomic E-state index is 12.2. The predicted molar refractivity (Wildman–Crippen MR) is 98.9 cm³/mol. The standard InChI is InChI=1S/C22H22O2/c1-15(2)21(23)13-17-10-11-20(18-8-6-5-7-9-18)19(12-17)14-22(24)16(3)4/h5-12H,1,3,13-14H2,2,4H3. The first-order valence-corrected chi connectivity index (χ1v) is 7.93. The summed E-state index contributed by atoms with van der Waals surface area (Å²) in [6, 6.07) is 15.8. The molecule has 0 bridgehead atoms. The van der Waals surface area contributed by atoms with Crippen molar-refractivity contribution in [3.8, 4) is 11.1 Å². The van der Waals surface area contributed by atoms with Crippen molar-refractivity contribution in [2.24, 2.45) is 0 Å². The minimum atomic E-state index is 0.00978. The Morgan fingerprint density at radius 1 is 0.833 bits per heavy atom. The summed E-state index contributed by atoms with van der Waals surface area (Å²) in [5.41, 5.74) is 4.96. The third kappa shape index (κ3) is 4.39. The van der Waals surface area contributed by atoms with Crippen molar-refractivity contribution in [2.75, 3.05) is 0 Å². The van der Waals surface area contributed by atoms with Gasteiger partial charge in [0.05, 0.1) is 0 Å². The third-order valence-electron chi connectivity index (χ3n) is 3.92. The van der Waals surface area contributed by atoms with Gasteiger partial charge in [0.15, 0.2) is 11.6 Å². The summed E-state index contributed by atoms with van der Waals surface area (Å²) < 4.78 is 0. The lowest BCUT2D eigenvalue weighted by atomic mass is 9.92. The topological polar surface area (TPSA) is 34.1 Å². The molecule has 2 aromatic rings.